The molecule has 2 N–H and O–H groups in total. The Kier molecular flexibility index (Phi) is 5.16. The van der Waals surface area contributed by atoms with Crippen LogP contribution in [-0.4, -0.2) is 41.8 Å². The van der Waals surface area contributed by atoms with Gasteiger partial charge in [0.15, 0.2) is 0 Å². The molecule has 1 heterocycles. The van der Waals surface area contributed by atoms with Crippen molar-refractivity contribution in [2.45, 2.75) is 26.2 Å². The summed E-state index contributed by atoms with van der Waals surface area (Å²) in [7, 11) is 0. The number of urea groups is 1. The lowest BCUT2D eigenvalue weighted by Crippen LogP contribution is -2.52. The van der Waals surface area contributed by atoms with Gasteiger partial charge in [-0.15, -0.1) is 0 Å². The van der Waals surface area contributed by atoms with Crippen LogP contribution in [0.4, 0.5) is 10.5 Å². The first-order valence-electron chi connectivity index (χ1n) is 7.18. The molecule has 21 heavy (non-hydrogen) atoms. The number of hydrazine groups is 1. The number of nitrogens with one attached hydrogen (secondary N) is 1. The molecule has 0 aliphatic carbocycles. The van der Waals surface area contributed by atoms with Crippen LogP contribution in [0.15, 0.2) is 24.3 Å². The monoisotopic (exact) mass is 291 g/mol. The van der Waals surface area contributed by atoms with Gasteiger partial charge in [0.1, 0.15) is 6.54 Å². The number of rotatable bonds is 4. The molecule has 0 saturated carbocycles. The van der Waals surface area contributed by atoms with Gasteiger partial charge >= 0.3 is 12.0 Å². The first-order chi connectivity index (χ1) is 10.1. The number of hydrogen-bond donors (Lipinski definition) is 2. The van der Waals surface area contributed by atoms with E-state index >= 15 is 0 Å². The Morgan fingerprint density at radius 2 is 1.81 bits per heavy atom. The lowest BCUT2D eigenvalue weighted by atomic mass is 10.2. The molecule has 1 fully saturated rings. The van der Waals surface area contributed by atoms with E-state index in [1.165, 1.54) is 11.3 Å². The maximum absolute atomic E-state index is 12.3. The number of aryl methyl sites for hydroxylation is 1. The van der Waals surface area contributed by atoms with E-state index in [1.807, 2.05) is 24.1 Å². The third kappa shape index (κ3) is 4.46. The zero-order chi connectivity index (χ0) is 15.2. The number of nitrogens with zero attached hydrogens (tertiary/aromatic N) is 2. The van der Waals surface area contributed by atoms with Gasteiger partial charge in [0.05, 0.1) is 0 Å². The van der Waals surface area contributed by atoms with Crippen molar-refractivity contribution < 1.29 is 14.7 Å². The molecule has 0 radical (unpaired) electrons. The number of hydrogen-bond acceptors (Lipinski definition) is 3. The normalized spacial score (nSPS) is 15.5. The minimum absolute atomic E-state index is 0.358. The van der Waals surface area contributed by atoms with Crippen molar-refractivity contribution >= 4 is 17.7 Å². The van der Waals surface area contributed by atoms with Gasteiger partial charge < -0.3 is 5.11 Å². The fourth-order valence-corrected chi connectivity index (χ4v) is 2.34. The van der Waals surface area contributed by atoms with Crippen LogP contribution in [0.3, 0.4) is 0 Å². The number of carboxylic acid groups (broad SMARTS) is 1. The number of aliphatic carboxylic acids is 1. The van der Waals surface area contributed by atoms with Crippen LogP contribution < -0.4 is 10.3 Å². The number of piperidine rings is 1. The molecular formula is C15H21N3O3. The first kappa shape index (κ1) is 15.3. The summed E-state index contributed by atoms with van der Waals surface area (Å²) in [4.78, 5) is 24.6. The number of carbonyl (C=O) groups is 2. The number of carboxylic acids is 1. The third-order valence-electron chi connectivity index (χ3n) is 3.49. The Hall–Kier alpha value is -2.08. The maximum Gasteiger partial charge on any atom is 0.336 e. The molecule has 6 nitrogen and oxygen atoms in total. The summed E-state index contributed by atoms with van der Waals surface area (Å²) in [6.45, 7) is 3.20. The molecule has 0 spiro atoms. The highest BCUT2D eigenvalue weighted by molar-refractivity contribution is 5.96. The van der Waals surface area contributed by atoms with E-state index in [0.717, 1.165) is 31.5 Å². The second kappa shape index (κ2) is 7.08. The molecule has 1 aromatic carbocycles. The molecule has 6 heteroatoms. The van der Waals surface area contributed by atoms with Crippen LogP contribution >= 0.6 is 0 Å². The quantitative estimate of drug-likeness (QED) is 0.890. The second-order valence-electron chi connectivity index (χ2n) is 5.28. The highest BCUT2D eigenvalue weighted by Crippen LogP contribution is 2.15. The van der Waals surface area contributed by atoms with Crippen LogP contribution in [0, 0.1) is 6.92 Å². The van der Waals surface area contributed by atoms with Gasteiger partial charge in [0.2, 0.25) is 0 Å². The van der Waals surface area contributed by atoms with E-state index in [1.54, 1.807) is 12.1 Å². The first-order valence-corrected chi connectivity index (χ1v) is 7.18. The molecule has 2 rings (SSSR count). The van der Waals surface area contributed by atoms with Gasteiger partial charge in [-0.2, -0.15) is 0 Å². The molecular weight excluding hydrogens is 270 g/mol. The van der Waals surface area contributed by atoms with Crippen LogP contribution in [-0.2, 0) is 4.79 Å². The van der Waals surface area contributed by atoms with E-state index in [9.17, 15) is 9.59 Å². The van der Waals surface area contributed by atoms with Crippen LogP contribution in [0.1, 0.15) is 24.8 Å². The standard InChI is InChI=1S/C15H21N3O3/c1-12-5-7-13(8-6-12)18(11-14(19)20)15(21)16-17-9-3-2-4-10-17/h5-8H,2-4,9-11H2,1H3,(H,16,21)(H,19,20). The lowest BCUT2D eigenvalue weighted by molar-refractivity contribution is -0.135. The van der Waals surface area contributed by atoms with Crippen molar-refractivity contribution in [1.82, 2.24) is 10.4 Å². The molecule has 1 saturated heterocycles. The fraction of sp³-hybridized carbons (Fsp3) is 0.467. The van der Waals surface area contributed by atoms with Gasteiger partial charge in [0, 0.05) is 18.8 Å². The lowest BCUT2D eigenvalue weighted by Gasteiger charge is -2.30. The molecule has 0 unspecified atom stereocenters. The minimum atomic E-state index is -1.04. The summed E-state index contributed by atoms with van der Waals surface area (Å²) in [6, 6.07) is 6.84. The summed E-state index contributed by atoms with van der Waals surface area (Å²) >= 11 is 0. The number of carbonyl (C=O) groups excluding carboxylic acids is 1. The van der Waals surface area contributed by atoms with E-state index < -0.39 is 12.0 Å². The predicted octanol–water partition coefficient (Wildman–Crippen LogP) is 2.00. The third-order valence-corrected chi connectivity index (χ3v) is 3.49. The Balaban J connectivity index is 2.08. The molecule has 1 aromatic rings. The van der Waals surface area contributed by atoms with Crippen molar-refractivity contribution in [3.8, 4) is 0 Å². The second-order valence-corrected chi connectivity index (χ2v) is 5.28. The molecule has 114 valence electrons. The van der Waals surface area contributed by atoms with Gasteiger partial charge in [-0.1, -0.05) is 24.1 Å². The minimum Gasteiger partial charge on any atom is -0.480 e. The van der Waals surface area contributed by atoms with Crippen molar-refractivity contribution in [2.24, 2.45) is 0 Å². The summed E-state index contributed by atoms with van der Waals surface area (Å²) in [5.41, 5.74) is 4.44. The van der Waals surface area contributed by atoms with Crippen molar-refractivity contribution in [2.75, 3.05) is 24.5 Å². The highest BCUT2D eigenvalue weighted by Gasteiger charge is 2.21. The van der Waals surface area contributed by atoms with E-state index in [2.05, 4.69) is 5.43 Å². The van der Waals surface area contributed by atoms with Crippen LogP contribution in [0.5, 0.6) is 0 Å². The number of anilines is 1. The van der Waals surface area contributed by atoms with E-state index in [4.69, 9.17) is 5.11 Å². The number of amides is 2. The Morgan fingerprint density at radius 3 is 2.38 bits per heavy atom. The predicted molar refractivity (Wildman–Crippen MR) is 80.1 cm³/mol. The van der Waals surface area contributed by atoms with Crippen molar-refractivity contribution in [1.29, 1.82) is 0 Å². The largest absolute Gasteiger partial charge is 0.480 e. The summed E-state index contributed by atoms with van der Waals surface area (Å²) in [5, 5.41) is 10.9. The summed E-state index contributed by atoms with van der Waals surface area (Å²) in [5.74, 6) is -1.04. The highest BCUT2D eigenvalue weighted by atomic mass is 16.4. The van der Waals surface area contributed by atoms with E-state index in [0.29, 0.717) is 5.69 Å². The molecule has 1 aliphatic heterocycles. The van der Waals surface area contributed by atoms with Gasteiger partial charge in [-0.3, -0.25) is 15.1 Å². The van der Waals surface area contributed by atoms with Gasteiger partial charge in [-0.05, 0) is 31.9 Å². The Labute approximate surface area is 124 Å². The zero-order valence-electron chi connectivity index (χ0n) is 12.2. The fourth-order valence-electron chi connectivity index (χ4n) is 2.34. The van der Waals surface area contributed by atoms with Crippen molar-refractivity contribution in [3.05, 3.63) is 29.8 Å². The van der Waals surface area contributed by atoms with E-state index in [-0.39, 0.29) is 6.54 Å². The van der Waals surface area contributed by atoms with Gasteiger partial charge in [-0.25, -0.2) is 9.80 Å². The van der Waals surface area contributed by atoms with Crippen LogP contribution in [0.2, 0.25) is 0 Å². The molecule has 0 bridgehead atoms. The molecule has 0 atom stereocenters. The Bertz CT molecular complexity index is 495. The SMILES string of the molecule is Cc1ccc(N(CC(=O)O)C(=O)NN2CCCCC2)cc1. The maximum atomic E-state index is 12.3. The summed E-state index contributed by atoms with van der Waals surface area (Å²) < 4.78 is 0. The number of benzene rings is 1. The summed E-state index contributed by atoms with van der Waals surface area (Å²) in [6.07, 6.45) is 3.26. The molecule has 0 aromatic heterocycles. The average molecular weight is 291 g/mol. The molecule has 2 amide bonds. The average Bonchev–Trinajstić information content (AvgIpc) is 2.46. The smallest absolute Gasteiger partial charge is 0.336 e. The Morgan fingerprint density at radius 1 is 1.19 bits per heavy atom. The molecule has 1 aliphatic rings. The van der Waals surface area contributed by atoms with Crippen LogP contribution in [0.25, 0.3) is 0 Å². The van der Waals surface area contributed by atoms with Gasteiger partial charge in [0.25, 0.3) is 0 Å². The van der Waals surface area contributed by atoms with Crippen molar-refractivity contribution in [3.63, 3.8) is 0 Å². The zero-order valence-corrected chi connectivity index (χ0v) is 12.2. The topological polar surface area (TPSA) is 72.9 Å².